The van der Waals surface area contributed by atoms with Crippen LogP contribution in [0, 0.1) is 20.8 Å². The summed E-state index contributed by atoms with van der Waals surface area (Å²) in [5.41, 5.74) is 7.96. The topological polar surface area (TPSA) is 69.5 Å². The van der Waals surface area contributed by atoms with Crippen molar-refractivity contribution >= 4 is 22.7 Å². The van der Waals surface area contributed by atoms with Crippen LogP contribution < -0.4 is 10.4 Å². The third-order valence-corrected chi connectivity index (χ3v) is 7.38. The predicted molar refractivity (Wildman–Crippen MR) is 150 cm³/mol. The van der Waals surface area contributed by atoms with E-state index < -0.39 is 0 Å². The third-order valence-electron chi connectivity index (χ3n) is 6.57. The Labute approximate surface area is 219 Å². The lowest BCUT2D eigenvalue weighted by Crippen LogP contribution is -2.20. The molecule has 0 saturated heterocycles. The van der Waals surface area contributed by atoms with Gasteiger partial charge in [-0.05, 0) is 69.2 Å². The van der Waals surface area contributed by atoms with E-state index in [1.165, 1.54) is 22.5 Å². The van der Waals surface area contributed by atoms with Gasteiger partial charge in [-0.2, -0.15) is 5.10 Å². The van der Waals surface area contributed by atoms with Crippen LogP contribution in [0.15, 0.2) is 93.3 Å². The number of thiazole rings is 1. The first kappa shape index (κ1) is 24.4. The van der Waals surface area contributed by atoms with Crippen LogP contribution in [0.3, 0.4) is 0 Å². The smallest absolute Gasteiger partial charge is 0.283 e. The monoisotopic (exact) mass is 508 g/mol. The molecule has 0 bridgehead atoms. The second-order valence-corrected chi connectivity index (χ2v) is 9.79. The fraction of sp³-hybridized carbons (Fsp3) is 0.172. The number of aromatic nitrogens is 4. The molecule has 5 aromatic rings. The standard InChI is InChI=1S/C29H28N6OS/c1-19-11-12-24(17-20(19)2)26-18-37-29(34(26)32-21(3)23-13-15-30-16-14-23)31-27-22(4)33(5)35(28(27)36)25-9-7-6-8-10-25/h6-18H,1-5H3. The number of aryl methyl sites for hydroxylation is 2. The maximum Gasteiger partial charge on any atom is 0.297 e. The maximum atomic E-state index is 13.5. The fourth-order valence-electron chi connectivity index (χ4n) is 4.15. The molecule has 0 spiro atoms. The molecule has 186 valence electrons. The highest BCUT2D eigenvalue weighted by molar-refractivity contribution is 7.07. The largest absolute Gasteiger partial charge is 0.297 e. The molecule has 0 atom stereocenters. The van der Waals surface area contributed by atoms with E-state index in [2.05, 4.69) is 37.0 Å². The van der Waals surface area contributed by atoms with Crippen molar-refractivity contribution < 1.29 is 0 Å². The Morgan fingerprint density at radius 1 is 0.946 bits per heavy atom. The van der Waals surface area contributed by atoms with Crippen LogP contribution in [0.2, 0.25) is 0 Å². The third kappa shape index (κ3) is 4.63. The molecule has 2 aromatic carbocycles. The molecule has 0 N–H and O–H groups in total. The zero-order valence-corrected chi connectivity index (χ0v) is 22.3. The fourth-order valence-corrected chi connectivity index (χ4v) is 4.99. The van der Waals surface area contributed by atoms with Gasteiger partial charge in [0.05, 0.1) is 22.8 Å². The summed E-state index contributed by atoms with van der Waals surface area (Å²) in [5, 5.41) is 7.01. The number of hydrogen-bond acceptors (Lipinski definition) is 5. The number of nitrogens with zero attached hydrogens (tertiary/aromatic N) is 6. The lowest BCUT2D eigenvalue weighted by atomic mass is 10.1. The van der Waals surface area contributed by atoms with Crippen LogP contribution in [0.1, 0.15) is 29.3 Å². The molecule has 37 heavy (non-hydrogen) atoms. The molecule has 3 heterocycles. The Morgan fingerprint density at radius 2 is 1.68 bits per heavy atom. The van der Waals surface area contributed by atoms with Gasteiger partial charge in [0.2, 0.25) is 4.80 Å². The van der Waals surface area contributed by atoms with Crippen molar-refractivity contribution in [3.63, 3.8) is 0 Å². The van der Waals surface area contributed by atoms with Crippen molar-refractivity contribution in [2.24, 2.45) is 17.1 Å². The molecular formula is C29H28N6OS. The van der Waals surface area contributed by atoms with Crippen LogP contribution in [-0.4, -0.2) is 24.7 Å². The summed E-state index contributed by atoms with van der Waals surface area (Å²) >= 11 is 1.46. The molecule has 0 aliphatic carbocycles. The summed E-state index contributed by atoms with van der Waals surface area (Å²) in [5.74, 6) is 0. The van der Waals surface area contributed by atoms with Crippen molar-refractivity contribution in [1.29, 1.82) is 0 Å². The van der Waals surface area contributed by atoms with E-state index in [0.717, 1.165) is 33.9 Å². The van der Waals surface area contributed by atoms with Gasteiger partial charge in [-0.15, -0.1) is 11.3 Å². The quantitative estimate of drug-likeness (QED) is 0.293. The Bertz CT molecular complexity index is 1740. The molecule has 0 unspecified atom stereocenters. The predicted octanol–water partition coefficient (Wildman–Crippen LogP) is 5.53. The van der Waals surface area contributed by atoms with Crippen molar-refractivity contribution in [2.45, 2.75) is 27.7 Å². The minimum absolute atomic E-state index is 0.172. The number of hydrogen-bond donors (Lipinski definition) is 0. The first-order chi connectivity index (χ1) is 17.8. The SMILES string of the molecule is CC(=Nn1c(-c2ccc(C)c(C)c2)csc1=Nc1c(C)n(C)n(-c2ccccc2)c1=O)c1ccncc1. The van der Waals surface area contributed by atoms with Gasteiger partial charge in [0.25, 0.3) is 5.56 Å². The van der Waals surface area contributed by atoms with Crippen molar-refractivity contribution in [3.05, 3.63) is 116 Å². The molecule has 0 aliphatic heterocycles. The van der Waals surface area contributed by atoms with Crippen LogP contribution in [0.25, 0.3) is 16.9 Å². The van der Waals surface area contributed by atoms with Gasteiger partial charge in [-0.1, -0.05) is 30.3 Å². The highest BCUT2D eigenvalue weighted by atomic mass is 32.1. The minimum Gasteiger partial charge on any atom is -0.283 e. The minimum atomic E-state index is -0.172. The normalized spacial score (nSPS) is 12.4. The van der Waals surface area contributed by atoms with E-state index in [9.17, 15) is 4.79 Å². The van der Waals surface area contributed by atoms with Crippen LogP contribution >= 0.6 is 11.3 Å². The highest BCUT2D eigenvalue weighted by Crippen LogP contribution is 2.24. The number of para-hydroxylation sites is 1. The summed E-state index contributed by atoms with van der Waals surface area (Å²) in [6.45, 7) is 8.08. The Morgan fingerprint density at radius 3 is 2.38 bits per heavy atom. The van der Waals surface area contributed by atoms with Gasteiger partial charge in [0.15, 0.2) is 5.69 Å². The van der Waals surface area contributed by atoms with Gasteiger partial charge in [0, 0.05) is 35.9 Å². The van der Waals surface area contributed by atoms with Crippen molar-refractivity contribution in [2.75, 3.05) is 0 Å². The average molecular weight is 509 g/mol. The lowest BCUT2D eigenvalue weighted by Gasteiger charge is -2.08. The first-order valence-corrected chi connectivity index (χ1v) is 12.9. The van der Waals surface area contributed by atoms with Crippen LogP contribution in [0.4, 0.5) is 5.69 Å². The number of pyridine rings is 1. The zero-order chi connectivity index (χ0) is 26.1. The van der Waals surface area contributed by atoms with Gasteiger partial charge < -0.3 is 0 Å². The van der Waals surface area contributed by atoms with E-state index in [4.69, 9.17) is 10.1 Å². The molecule has 3 aromatic heterocycles. The lowest BCUT2D eigenvalue weighted by molar-refractivity contribution is 0.630. The summed E-state index contributed by atoms with van der Waals surface area (Å²) in [7, 11) is 1.87. The Kier molecular flexibility index (Phi) is 6.58. The van der Waals surface area contributed by atoms with Crippen molar-refractivity contribution in [3.8, 4) is 16.9 Å². The van der Waals surface area contributed by atoms with E-state index in [0.29, 0.717) is 10.5 Å². The van der Waals surface area contributed by atoms with E-state index in [1.807, 2.05) is 78.1 Å². The Balaban J connectivity index is 1.74. The molecule has 8 heteroatoms. The first-order valence-electron chi connectivity index (χ1n) is 12.0. The molecule has 0 aliphatic rings. The van der Waals surface area contributed by atoms with Crippen LogP contribution in [-0.2, 0) is 7.05 Å². The van der Waals surface area contributed by atoms with Gasteiger partial charge in [-0.3, -0.25) is 14.5 Å². The van der Waals surface area contributed by atoms with Crippen molar-refractivity contribution in [1.82, 2.24) is 19.0 Å². The number of rotatable bonds is 5. The summed E-state index contributed by atoms with van der Waals surface area (Å²) in [6, 6.07) is 19.8. The van der Waals surface area contributed by atoms with E-state index in [-0.39, 0.29) is 5.56 Å². The van der Waals surface area contributed by atoms with Gasteiger partial charge in [0.1, 0.15) is 0 Å². The summed E-state index contributed by atoms with van der Waals surface area (Å²) in [6.07, 6.45) is 3.50. The highest BCUT2D eigenvalue weighted by Gasteiger charge is 2.17. The van der Waals surface area contributed by atoms with Gasteiger partial charge in [-0.25, -0.2) is 14.4 Å². The van der Waals surface area contributed by atoms with E-state index >= 15 is 0 Å². The zero-order valence-electron chi connectivity index (χ0n) is 21.5. The summed E-state index contributed by atoms with van der Waals surface area (Å²) < 4.78 is 5.31. The average Bonchev–Trinajstić information content (AvgIpc) is 3.40. The maximum absolute atomic E-state index is 13.5. The number of benzene rings is 2. The Hall–Kier alpha value is -4.30. The molecule has 5 rings (SSSR count). The van der Waals surface area contributed by atoms with Crippen LogP contribution in [0.5, 0.6) is 0 Å². The molecule has 7 nitrogen and oxygen atoms in total. The van der Waals surface area contributed by atoms with Gasteiger partial charge >= 0.3 is 0 Å². The molecular weight excluding hydrogens is 480 g/mol. The molecule has 0 radical (unpaired) electrons. The summed E-state index contributed by atoms with van der Waals surface area (Å²) in [4.78, 5) is 23.2. The molecule has 0 saturated carbocycles. The second kappa shape index (κ2) is 9.99. The molecule has 0 fully saturated rings. The second-order valence-electron chi connectivity index (χ2n) is 8.96. The van der Waals surface area contributed by atoms with E-state index in [1.54, 1.807) is 17.1 Å². The molecule has 0 amide bonds.